The number of carbonyl (C=O) groups is 1. The minimum absolute atomic E-state index is 0.00163. The van der Waals surface area contributed by atoms with Crippen LogP contribution in [0, 0.1) is 0 Å². The highest BCUT2D eigenvalue weighted by Gasteiger charge is 2.17. The second-order valence-corrected chi connectivity index (χ2v) is 7.84. The number of phenolic OH excluding ortho intramolecular Hbond substituents is 1. The molecule has 6 heteroatoms. The van der Waals surface area contributed by atoms with Gasteiger partial charge in [-0.15, -0.1) is 0 Å². The third-order valence-corrected chi connectivity index (χ3v) is 5.81. The maximum Gasteiger partial charge on any atom is 0.242 e. The number of anilines is 1. The van der Waals surface area contributed by atoms with Crippen molar-refractivity contribution in [2.24, 2.45) is 5.73 Å². The number of hydrogen-bond acceptors (Lipinski definition) is 5. The standard InChI is InChI=1S/C23H21N3O2S/c24-18(14-29-13-15-6-2-1-3-7-15)23(28)26-21-11-10-20-17(22(21)27)12-16-8-4-5-9-19(16)25-20/h1-12,18,27H,13-14,24H2,(H,26,28)/t18-/m0/s1. The number of amides is 1. The Morgan fingerprint density at radius 3 is 2.62 bits per heavy atom. The first kappa shape index (κ1) is 19.2. The number of hydrogen-bond donors (Lipinski definition) is 3. The van der Waals surface area contributed by atoms with Crippen molar-refractivity contribution in [3.63, 3.8) is 0 Å². The van der Waals surface area contributed by atoms with Gasteiger partial charge < -0.3 is 16.2 Å². The summed E-state index contributed by atoms with van der Waals surface area (Å²) in [5.41, 5.74) is 9.09. The van der Waals surface area contributed by atoms with Crippen molar-refractivity contribution in [2.45, 2.75) is 11.8 Å². The number of rotatable bonds is 6. The van der Waals surface area contributed by atoms with Crippen LogP contribution in [0.5, 0.6) is 5.75 Å². The van der Waals surface area contributed by atoms with E-state index in [-0.39, 0.29) is 11.7 Å². The summed E-state index contributed by atoms with van der Waals surface area (Å²) in [4.78, 5) is 17.0. The van der Waals surface area contributed by atoms with Crippen LogP contribution in [0.1, 0.15) is 5.56 Å². The van der Waals surface area contributed by atoms with Crippen LogP contribution >= 0.6 is 11.8 Å². The molecular formula is C23H21N3O2S. The van der Waals surface area contributed by atoms with E-state index < -0.39 is 6.04 Å². The summed E-state index contributed by atoms with van der Waals surface area (Å²) in [5, 5.41) is 14.9. The molecule has 0 spiro atoms. The molecule has 1 aromatic heterocycles. The Balaban J connectivity index is 1.45. The lowest BCUT2D eigenvalue weighted by atomic mass is 10.1. The zero-order chi connectivity index (χ0) is 20.2. The van der Waals surface area contributed by atoms with Gasteiger partial charge in [0.2, 0.25) is 5.91 Å². The molecule has 0 aliphatic heterocycles. The fourth-order valence-corrected chi connectivity index (χ4v) is 4.07. The fourth-order valence-electron chi connectivity index (χ4n) is 3.11. The van der Waals surface area contributed by atoms with Crippen molar-refractivity contribution in [1.82, 2.24) is 4.98 Å². The van der Waals surface area contributed by atoms with Gasteiger partial charge in [-0.05, 0) is 29.8 Å². The minimum atomic E-state index is -0.673. The summed E-state index contributed by atoms with van der Waals surface area (Å²) in [5.74, 6) is 0.954. The molecule has 0 radical (unpaired) electrons. The van der Waals surface area contributed by atoms with Crippen LogP contribution < -0.4 is 11.1 Å². The van der Waals surface area contributed by atoms with Gasteiger partial charge in [0.15, 0.2) is 0 Å². The lowest BCUT2D eigenvalue weighted by molar-refractivity contribution is -0.116. The molecule has 29 heavy (non-hydrogen) atoms. The van der Waals surface area contributed by atoms with Gasteiger partial charge in [-0.3, -0.25) is 4.79 Å². The molecule has 4 aromatic rings. The van der Waals surface area contributed by atoms with Crippen LogP contribution in [0.15, 0.2) is 72.8 Å². The summed E-state index contributed by atoms with van der Waals surface area (Å²) in [6.07, 6.45) is 0. The molecule has 146 valence electrons. The zero-order valence-corrected chi connectivity index (χ0v) is 16.5. The number of carbonyl (C=O) groups excluding carboxylic acids is 1. The Hall–Kier alpha value is -3.09. The van der Waals surface area contributed by atoms with E-state index in [0.717, 1.165) is 16.7 Å². The molecule has 0 bridgehead atoms. The van der Waals surface area contributed by atoms with E-state index in [4.69, 9.17) is 5.73 Å². The first-order chi connectivity index (χ1) is 14.1. The quantitative estimate of drug-likeness (QED) is 0.330. The van der Waals surface area contributed by atoms with Gasteiger partial charge in [0.25, 0.3) is 0 Å². The number of aromatic nitrogens is 1. The molecule has 1 atom stereocenters. The van der Waals surface area contributed by atoms with E-state index in [0.29, 0.717) is 22.3 Å². The summed E-state index contributed by atoms with van der Waals surface area (Å²) in [7, 11) is 0. The van der Waals surface area contributed by atoms with Gasteiger partial charge >= 0.3 is 0 Å². The molecular weight excluding hydrogens is 382 g/mol. The van der Waals surface area contributed by atoms with E-state index in [2.05, 4.69) is 10.3 Å². The van der Waals surface area contributed by atoms with Gasteiger partial charge in [0, 0.05) is 22.3 Å². The van der Waals surface area contributed by atoms with Crippen molar-refractivity contribution in [3.05, 3.63) is 78.4 Å². The van der Waals surface area contributed by atoms with E-state index in [1.54, 1.807) is 23.9 Å². The average molecular weight is 404 g/mol. The summed E-state index contributed by atoms with van der Waals surface area (Å²) in [6.45, 7) is 0. The van der Waals surface area contributed by atoms with Crippen molar-refractivity contribution in [2.75, 3.05) is 11.1 Å². The summed E-state index contributed by atoms with van der Waals surface area (Å²) < 4.78 is 0. The number of nitrogens with two attached hydrogens (primary N) is 1. The highest BCUT2D eigenvalue weighted by molar-refractivity contribution is 7.98. The molecule has 0 aliphatic rings. The fraction of sp³-hybridized carbons (Fsp3) is 0.130. The Bertz CT molecular complexity index is 1160. The number of nitrogens with zero attached hydrogens (tertiary/aromatic N) is 1. The first-order valence-electron chi connectivity index (χ1n) is 9.31. The molecule has 1 heterocycles. The second-order valence-electron chi connectivity index (χ2n) is 6.81. The Morgan fingerprint density at radius 1 is 1.03 bits per heavy atom. The second kappa shape index (κ2) is 8.51. The van der Waals surface area contributed by atoms with Gasteiger partial charge in [-0.1, -0.05) is 48.5 Å². The maximum atomic E-state index is 12.5. The van der Waals surface area contributed by atoms with Gasteiger partial charge in [-0.2, -0.15) is 11.8 Å². The van der Waals surface area contributed by atoms with Gasteiger partial charge in [0.05, 0.1) is 22.8 Å². The average Bonchev–Trinajstić information content (AvgIpc) is 2.75. The topological polar surface area (TPSA) is 88.2 Å². The zero-order valence-electron chi connectivity index (χ0n) is 15.7. The predicted octanol–water partition coefficient (Wildman–Crippen LogP) is 4.29. The smallest absolute Gasteiger partial charge is 0.242 e. The molecule has 0 saturated carbocycles. The van der Waals surface area contributed by atoms with Crippen LogP contribution in [-0.2, 0) is 10.5 Å². The molecule has 0 saturated heterocycles. The molecule has 0 aliphatic carbocycles. The third-order valence-electron chi connectivity index (χ3n) is 4.68. The summed E-state index contributed by atoms with van der Waals surface area (Å²) in [6, 6.07) is 22.4. The molecule has 1 amide bonds. The third kappa shape index (κ3) is 4.34. The number of thioether (sulfide) groups is 1. The van der Waals surface area contributed by atoms with Crippen molar-refractivity contribution in [1.29, 1.82) is 0 Å². The lowest BCUT2D eigenvalue weighted by Crippen LogP contribution is -2.37. The van der Waals surface area contributed by atoms with Crippen molar-refractivity contribution >= 4 is 45.2 Å². The number of fused-ring (bicyclic) bond motifs is 2. The Morgan fingerprint density at radius 2 is 1.79 bits per heavy atom. The Labute approximate surface area is 172 Å². The van der Waals surface area contributed by atoms with E-state index in [9.17, 15) is 9.90 Å². The maximum absolute atomic E-state index is 12.5. The van der Waals surface area contributed by atoms with Crippen LogP contribution in [0.4, 0.5) is 5.69 Å². The van der Waals surface area contributed by atoms with Crippen molar-refractivity contribution < 1.29 is 9.90 Å². The van der Waals surface area contributed by atoms with Gasteiger partial charge in [0.1, 0.15) is 5.75 Å². The Kier molecular flexibility index (Phi) is 5.64. The number of nitrogens with one attached hydrogen (secondary N) is 1. The molecule has 0 fully saturated rings. The van der Waals surface area contributed by atoms with E-state index >= 15 is 0 Å². The number of benzene rings is 3. The van der Waals surface area contributed by atoms with Gasteiger partial charge in [-0.25, -0.2) is 4.98 Å². The molecule has 4 N–H and O–H groups in total. The molecule has 0 unspecified atom stereocenters. The van der Waals surface area contributed by atoms with Crippen LogP contribution in [0.3, 0.4) is 0 Å². The van der Waals surface area contributed by atoms with E-state index in [1.165, 1.54) is 5.56 Å². The number of pyridine rings is 1. The minimum Gasteiger partial charge on any atom is -0.505 e. The monoisotopic (exact) mass is 403 g/mol. The van der Waals surface area contributed by atoms with Crippen LogP contribution in [0.25, 0.3) is 21.8 Å². The molecule has 5 nitrogen and oxygen atoms in total. The largest absolute Gasteiger partial charge is 0.505 e. The molecule has 3 aromatic carbocycles. The molecule has 4 rings (SSSR count). The lowest BCUT2D eigenvalue weighted by Gasteiger charge is -2.14. The summed E-state index contributed by atoms with van der Waals surface area (Å²) >= 11 is 1.60. The first-order valence-corrected chi connectivity index (χ1v) is 10.5. The van der Waals surface area contributed by atoms with E-state index in [1.807, 2.05) is 60.7 Å². The van der Waals surface area contributed by atoms with Crippen LogP contribution in [0.2, 0.25) is 0 Å². The predicted molar refractivity (Wildman–Crippen MR) is 120 cm³/mol. The van der Waals surface area contributed by atoms with Crippen LogP contribution in [-0.4, -0.2) is 27.8 Å². The highest BCUT2D eigenvalue weighted by atomic mass is 32.2. The number of para-hydroxylation sites is 1. The highest BCUT2D eigenvalue weighted by Crippen LogP contribution is 2.33. The SMILES string of the molecule is N[C@@H](CSCc1ccccc1)C(=O)Nc1ccc2nc3ccccc3cc2c1O. The number of aromatic hydroxyl groups is 1. The van der Waals surface area contributed by atoms with Crippen molar-refractivity contribution in [3.8, 4) is 5.75 Å². The number of phenols is 1. The normalized spacial score (nSPS) is 12.2.